The van der Waals surface area contributed by atoms with Gasteiger partial charge in [0.2, 0.25) is 10.0 Å². The summed E-state index contributed by atoms with van der Waals surface area (Å²) in [4.78, 5) is 4.74. The van der Waals surface area contributed by atoms with Crippen LogP contribution in [-0.4, -0.2) is 36.8 Å². The summed E-state index contributed by atoms with van der Waals surface area (Å²) >= 11 is 0. The van der Waals surface area contributed by atoms with Gasteiger partial charge in [0.25, 0.3) is 0 Å². The molecule has 7 nitrogen and oxygen atoms in total. The van der Waals surface area contributed by atoms with Crippen LogP contribution in [0.5, 0.6) is 5.75 Å². The highest BCUT2D eigenvalue weighted by Crippen LogP contribution is 2.34. The van der Waals surface area contributed by atoms with E-state index in [-0.39, 0.29) is 10.9 Å². The van der Waals surface area contributed by atoms with Crippen molar-refractivity contribution in [3.05, 3.63) is 60.8 Å². The van der Waals surface area contributed by atoms with Crippen molar-refractivity contribution in [2.75, 3.05) is 7.11 Å². The first-order chi connectivity index (χ1) is 14.5. The van der Waals surface area contributed by atoms with Crippen LogP contribution in [0.4, 0.5) is 0 Å². The summed E-state index contributed by atoms with van der Waals surface area (Å²) in [6.07, 6.45) is 3.50. The van der Waals surface area contributed by atoms with Gasteiger partial charge in [0.15, 0.2) is 5.65 Å². The number of para-hydroxylation sites is 1. The maximum absolute atomic E-state index is 12.6. The molecule has 152 valence electrons. The molecular weight excluding hydrogens is 400 g/mol. The minimum absolute atomic E-state index is 0.0611. The molecule has 2 aromatic carbocycles. The van der Waals surface area contributed by atoms with Gasteiger partial charge in [-0.15, -0.1) is 0 Å². The molecule has 1 aliphatic rings. The Kier molecular flexibility index (Phi) is 4.52. The molecular formula is C22H20N4O3S. The number of methoxy groups -OCH3 is 1. The van der Waals surface area contributed by atoms with Crippen molar-refractivity contribution >= 4 is 21.1 Å². The van der Waals surface area contributed by atoms with E-state index in [2.05, 4.69) is 19.9 Å². The smallest absolute Gasteiger partial charge is 0.240 e. The average Bonchev–Trinajstić information content (AvgIpc) is 3.48. The minimum atomic E-state index is -3.52. The van der Waals surface area contributed by atoms with E-state index in [0.717, 1.165) is 46.4 Å². The lowest BCUT2D eigenvalue weighted by Gasteiger charge is -2.08. The summed E-state index contributed by atoms with van der Waals surface area (Å²) in [5, 5.41) is 8.22. The van der Waals surface area contributed by atoms with Crippen LogP contribution >= 0.6 is 0 Å². The minimum Gasteiger partial charge on any atom is -0.496 e. The third kappa shape index (κ3) is 3.44. The van der Waals surface area contributed by atoms with Crippen molar-refractivity contribution in [3.63, 3.8) is 0 Å². The molecule has 0 spiro atoms. The lowest BCUT2D eigenvalue weighted by molar-refractivity contribution is 0.416. The van der Waals surface area contributed by atoms with Crippen LogP contribution in [0.25, 0.3) is 33.4 Å². The Morgan fingerprint density at radius 3 is 2.70 bits per heavy atom. The van der Waals surface area contributed by atoms with Crippen molar-refractivity contribution in [3.8, 4) is 28.1 Å². The van der Waals surface area contributed by atoms with Gasteiger partial charge < -0.3 is 4.74 Å². The molecule has 0 radical (unpaired) electrons. The summed E-state index contributed by atoms with van der Waals surface area (Å²) in [6, 6.07) is 16.6. The molecule has 5 rings (SSSR count). The number of nitrogens with zero attached hydrogens (tertiary/aromatic N) is 2. The monoisotopic (exact) mass is 420 g/mol. The molecule has 1 saturated carbocycles. The van der Waals surface area contributed by atoms with Crippen molar-refractivity contribution in [2.45, 2.75) is 23.8 Å². The van der Waals surface area contributed by atoms with Gasteiger partial charge in [0.1, 0.15) is 11.4 Å². The fourth-order valence-corrected chi connectivity index (χ4v) is 4.79. The molecule has 0 aliphatic heterocycles. The number of hydrogen-bond donors (Lipinski definition) is 2. The average molecular weight is 420 g/mol. The molecule has 2 aromatic heterocycles. The Bertz CT molecular complexity index is 1340. The van der Waals surface area contributed by atoms with E-state index < -0.39 is 10.0 Å². The number of nitrogens with one attached hydrogen (secondary N) is 2. The highest BCUT2D eigenvalue weighted by atomic mass is 32.2. The lowest BCUT2D eigenvalue weighted by atomic mass is 10.0. The molecule has 8 heteroatoms. The van der Waals surface area contributed by atoms with Crippen LogP contribution in [0.3, 0.4) is 0 Å². The zero-order valence-electron chi connectivity index (χ0n) is 16.3. The van der Waals surface area contributed by atoms with Crippen LogP contribution in [0.1, 0.15) is 12.8 Å². The summed E-state index contributed by atoms with van der Waals surface area (Å²) in [7, 11) is -1.90. The normalized spacial score (nSPS) is 14.2. The van der Waals surface area contributed by atoms with E-state index in [0.29, 0.717) is 5.65 Å². The second kappa shape index (κ2) is 7.23. The van der Waals surface area contributed by atoms with Crippen molar-refractivity contribution in [2.24, 2.45) is 0 Å². The predicted molar refractivity (Wildman–Crippen MR) is 115 cm³/mol. The number of ether oxygens (including phenoxy) is 1. The lowest BCUT2D eigenvalue weighted by Crippen LogP contribution is -2.25. The van der Waals surface area contributed by atoms with Crippen molar-refractivity contribution in [1.29, 1.82) is 0 Å². The molecule has 1 fully saturated rings. The van der Waals surface area contributed by atoms with Crippen LogP contribution in [0.15, 0.2) is 65.7 Å². The van der Waals surface area contributed by atoms with E-state index >= 15 is 0 Å². The molecule has 0 amide bonds. The fourth-order valence-electron chi connectivity index (χ4n) is 3.44. The molecule has 0 saturated heterocycles. The Hall–Kier alpha value is -3.23. The quantitative estimate of drug-likeness (QED) is 0.495. The van der Waals surface area contributed by atoms with E-state index in [1.807, 2.05) is 36.4 Å². The van der Waals surface area contributed by atoms with Gasteiger partial charge in [-0.3, -0.25) is 5.10 Å². The van der Waals surface area contributed by atoms with Gasteiger partial charge in [0, 0.05) is 28.8 Å². The number of benzene rings is 2. The predicted octanol–water partition coefficient (Wildman–Crippen LogP) is 3.74. The largest absolute Gasteiger partial charge is 0.496 e. The molecule has 2 N–H and O–H groups in total. The van der Waals surface area contributed by atoms with Gasteiger partial charge in [-0.1, -0.05) is 24.3 Å². The van der Waals surface area contributed by atoms with Crippen molar-refractivity contribution < 1.29 is 13.2 Å². The number of sulfonamides is 1. The number of H-pyrrole nitrogens is 1. The highest BCUT2D eigenvalue weighted by molar-refractivity contribution is 7.89. The molecule has 1 aliphatic carbocycles. The Labute approximate surface area is 174 Å². The highest BCUT2D eigenvalue weighted by Gasteiger charge is 2.28. The summed E-state index contributed by atoms with van der Waals surface area (Å²) < 4.78 is 33.4. The first-order valence-electron chi connectivity index (χ1n) is 9.65. The number of fused-ring (bicyclic) bond motifs is 1. The fraction of sp³-hybridized carbons (Fsp3) is 0.182. The van der Waals surface area contributed by atoms with Crippen molar-refractivity contribution in [1.82, 2.24) is 19.9 Å². The van der Waals surface area contributed by atoms with Crippen LogP contribution in [-0.2, 0) is 10.0 Å². The number of rotatable bonds is 6. The van der Waals surface area contributed by atoms with Gasteiger partial charge >= 0.3 is 0 Å². The van der Waals surface area contributed by atoms with Gasteiger partial charge in [-0.2, -0.15) is 5.10 Å². The van der Waals surface area contributed by atoms with E-state index in [9.17, 15) is 8.42 Å². The third-order valence-electron chi connectivity index (χ3n) is 5.16. The number of pyridine rings is 1. The zero-order chi connectivity index (χ0) is 20.7. The van der Waals surface area contributed by atoms with Crippen LogP contribution in [0, 0.1) is 0 Å². The summed E-state index contributed by atoms with van der Waals surface area (Å²) in [5.74, 6) is 0.718. The van der Waals surface area contributed by atoms with Gasteiger partial charge in [0.05, 0.1) is 12.0 Å². The molecule has 2 heterocycles. The molecule has 0 bridgehead atoms. The van der Waals surface area contributed by atoms with E-state index in [1.165, 1.54) is 0 Å². The van der Waals surface area contributed by atoms with E-state index in [4.69, 9.17) is 4.74 Å². The Morgan fingerprint density at radius 1 is 1.07 bits per heavy atom. The summed E-state index contributed by atoms with van der Waals surface area (Å²) in [5.41, 5.74) is 3.82. The first kappa shape index (κ1) is 18.8. The number of hydrogen-bond acceptors (Lipinski definition) is 5. The standard InChI is InChI=1S/C22H20N4O3S/c1-29-20-8-3-2-7-18(20)21-19-12-15(13-23-22(19)25-24-21)14-5-4-6-17(11-14)30(27,28)26-16-9-10-16/h2-8,11-13,16,26H,9-10H2,1H3,(H,23,24,25). The van der Waals surface area contributed by atoms with Crippen LogP contribution < -0.4 is 9.46 Å². The van der Waals surface area contributed by atoms with E-state index in [1.54, 1.807) is 31.5 Å². The van der Waals surface area contributed by atoms with Gasteiger partial charge in [-0.05, 0) is 48.7 Å². The molecule has 0 atom stereocenters. The SMILES string of the molecule is COc1ccccc1-c1n[nH]c2ncc(-c3cccc(S(=O)(=O)NC4CC4)c3)cc12. The van der Waals surface area contributed by atoms with Crippen LogP contribution in [0.2, 0.25) is 0 Å². The molecule has 0 unspecified atom stereocenters. The number of aromatic nitrogens is 3. The Morgan fingerprint density at radius 2 is 1.90 bits per heavy atom. The molecule has 30 heavy (non-hydrogen) atoms. The van der Waals surface area contributed by atoms with Gasteiger partial charge in [-0.25, -0.2) is 18.1 Å². The maximum atomic E-state index is 12.6. The first-order valence-corrected chi connectivity index (χ1v) is 11.1. The topological polar surface area (TPSA) is 97.0 Å². The second-order valence-corrected chi connectivity index (χ2v) is 9.03. The maximum Gasteiger partial charge on any atom is 0.240 e. The zero-order valence-corrected chi connectivity index (χ0v) is 17.1. The number of aromatic amines is 1. The summed E-state index contributed by atoms with van der Waals surface area (Å²) in [6.45, 7) is 0. The molecule has 4 aromatic rings. The second-order valence-electron chi connectivity index (χ2n) is 7.32. The third-order valence-corrected chi connectivity index (χ3v) is 6.67. The Balaban J connectivity index is 1.58.